The van der Waals surface area contributed by atoms with Crippen LogP contribution in [-0.4, -0.2) is 31.1 Å². The van der Waals surface area contributed by atoms with Crippen LogP contribution in [0.3, 0.4) is 0 Å². The molecule has 27 heavy (non-hydrogen) atoms. The molecular weight excluding hydrogens is 419 g/mol. The van der Waals surface area contributed by atoms with Crippen molar-refractivity contribution in [2.75, 3.05) is 14.2 Å². The van der Waals surface area contributed by atoms with Crippen LogP contribution >= 0.6 is 15.9 Å². The number of carbonyl (C=O) groups excluding carboxylic acids is 2. The standard InChI is InChI=1S/C19H18BrFN2O4/c1-19(12-5-7-15(26-2)16(8-12)27-3)17(24)23(18(25)22-19)10-11-4-6-13(21)9-14(11)20/h4-9H,10H2,1-3H3,(H,22,25). The van der Waals surface area contributed by atoms with Gasteiger partial charge in [-0.05, 0) is 42.3 Å². The van der Waals surface area contributed by atoms with Gasteiger partial charge < -0.3 is 14.8 Å². The number of ether oxygens (including phenoxy) is 2. The maximum Gasteiger partial charge on any atom is 0.325 e. The third-order valence-corrected chi connectivity index (χ3v) is 5.32. The molecule has 1 atom stereocenters. The lowest BCUT2D eigenvalue weighted by atomic mass is 9.91. The maximum atomic E-state index is 13.3. The van der Waals surface area contributed by atoms with E-state index in [0.717, 1.165) is 4.90 Å². The Balaban J connectivity index is 1.92. The number of amides is 3. The molecule has 2 aromatic rings. The van der Waals surface area contributed by atoms with E-state index in [-0.39, 0.29) is 6.54 Å². The van der Waals surface area contributed by atoms with Crippen molar-refractivity contribution in [1.29, 1.82) is 0 Å². The Hall–Kier alpha value is -2.61. The molecule has 6 nitrogen and oxygen atoms in total. The molecule has 1 aliphatic rings. The summed E-state index contributed by atoms with van der Waals surface area (Å²) in [6.45, 7) is 1.66. The fourth-order valence-electron chi connectivity index (χ4n) is 3.00. The minimum atomic E-state index is -1.25. The lowest BCUT2D eigenvalue weighted by molar-refractivity contribution is -0.131. The fourth-order valence-corrected chi connectivity index (χ4v) is 3.48. The molecule has 2 aromatic carbocycles. The van der Waals surface area contributed by atoms with Crippen LogP contribution in [0.1, 0.15) is 18.1 Å². The Labute approximate surface area is 164 Å². The van der Waals surface area contributed by atoms with E-state index >= 15 is 0 Å². The third-order valence-electron chi connectivity index (χ3n) is 4.58. The molecule has 0 aliphatic carbocycles. The highest BCUT2D eigenvalue weighted by molar-refractivity contribution is 9.10. The van der Waals surface area contributed by atoms with Gasteiger partial charge in [-0.2, -0.15) is 0 Å². The van der Waals surface area contributed by atoms with Crippen LogP contribution < -0.4 is 14.8 Å². The number of hydrogen-bond donors (Lipinski definition) is 1. The lowest BCUT2D eigenvalue weighted by Gasteiger charge is -2.23. The first kappa shape index (κ1) is 19.2. The van der Waals surface area contributed by atoms with Crippen LogP contribution in [0.2, 0.25) is 0 Å². The Kier molecular flexibility index (Phi) is 5.10. The summed E-state index contributed by atoms with van der Waals surface area (Å²) in [6, 6.07) is 8.64. The number of hydrogen-bond acceptors (Lipinski definition) is 4. The SMILES string of the molecule is COc1ccc(C2(C)NC(=O)N(Cc3ccc(F)cc3Br)C2=O)cc1OC. The molecule has 0 radical (unpaired) electrons. The van der Waals surface area contributed by atoms with Gasteiger partial charge in [0, 0.05) is 4.47 Å². The van der Waals surface area contributed by atoms with Crippen molar-refractivity contribution in [3.8, 4) is 11.5 Å². The van der Waals surface area contributed by atoms with Crippen molar-refractivity contribution in [2.24, 2.45) is 0 Å². The zero-order chi connectivity index (χ0) is 19.8. The highest BCUT2D eigenvalue weighted by Gasteiger charge is 2.49. The first-order valence-corrected chi connectivity index (χ1v) is 8.90. The summed E-state index contributed by atoms with van der Waals surface area (Å²) in [5.41, 5.74) is -0.0565. The molecule has 142 valence electrons. The molecular formula is C19H18BrFN2O4. The van der Waals surface area contributed by atoms with E-state index in [4.69, 9.17) is 9.47 Å². The summed E-state index contributed by atoms with van der Waals surface area (Å²) in [6.07, 6.45) is 0. The number of carbonyl (C=O) groups is 2. The Morgan fingerprint density at radius 2 is 1.81 bits per heavy atom. The molecule has 1 fully saturated rings. The molecule has 1 heterocycles. The number of imide groups is 1. The van der Waals surface area contributed by atoms with Crippen LogP contribution in [0.5, 0.6) is 11.5 Å². The predicted molar refractivity (Wildman–Crippen MR) is 100 cm³/mol. The first-order valence-electron chi connectivity index (χ1n) is 8.10. The molecule has 0 spiro atoms. The van der Waals surface area contributed by atoms with E-state index in [1.807, 2.05) is 0 Å². The number of urea groups is 1. The molecule has 3 amide bonds. The minimum Gasteiger partial charge on any atom is -0.493 e. The predicted octanol–water partition coefficient (Wildman–Crippen LogP) is 3.57. The molecule has 1 saturated heterocycles. The Morgan fingerprint density at radius 3 is 2.44 bits per heavy atom. The number of methoxy groups -OCH3 is 2. The summed E-state index contributed by atoms with van der Waals surface area (Å²) < 4.78 is 24.3. The largest absolute Gasteiger partial charge is 0.493 e. The highest BCUT2D eigenvalue weighted by Crippen LogP contribution is 2.36. The summed E-state index contributed by atoms with van der Waals surface area (Å²) in [4.78, 5) is 26.6. The van der Waals surface area contributed by atoms with E-state index in [2.05, 4.69) is 21.2 Å². The highest BCUT2D eigenvalue weighted by atomic mass is 79.9. The van der Waals surface area contributed by atoms with Gasteiger partial charge in [-0.25, -0.2) is 9.18 Å². The fraction of sp³-hybridized carbons (Fsp3) is 0.263. The van der Waals surface area contributed by atoms with E-state index in [1.54, 1.807) is 25.1 Å². The quantitative estimate of drug-likeness (QED) is 0.727. The van der Waals surface area contributed by atoms with Gasteiger partial charge in [-0.1, -0.05) is 28.1 Å². The second-order valence-electron chi connectivity index (χ2n) is 6.25. The van der Waals surface area contributed by atoms with E-state index in [1.165, 1.54) is 32.4 Å². The summed E-state index contributed by atoms with van der Waals surface area (Å²) in [5.74, 6) is 0.167. The van der Waals surface area contributed by atoms with Gasteiger partial charge >= 0.3 is 6.03 Å². The number of nitrogens with one attached hydrogen (secondary N) is 1. The van der Waals surface area contributed by atoms with Crippen molar-refractivity contribution < 1.29 is 23.5 Å². The molecule has 1 unspecified atom stereocenters. The van der Waals surface area contributed by atoms with Gasteiger partial charge in [-0.3, -0.25) is 9.69 Å². The first-order chi connectivity index (χ1) is 12.8. The summed E-state index contributed by atoms with van der Waals surface area (Å²) in [7, 11) is 3.02. The van der Waals surface area contributed by atoms with Gasteiger partial charge in [0.25, 0.3) is 5.91 Å². The molecule has 3 rings (SSSR count). The monoisotopic (exact) mass is 436 g/mol. The summed E-state index contributed by atoms with van der Waals surface area (Å²) >= 11 is 3.26. The average Bonchev–Trinajstić information content (AvgIpc) is 2.87. The number of nitrogens with zero attached hydrogens (tertiary/aromatic N) is 1. The zero-order valence-electron chi connectivity index (χ0n) is 15.0. The molecule has 8 heteroatoms. The van der Waals surface area contributed by atoms with Crippen LogP contribution in [-0.2, 0) is 16.9 Å². The maximum absolute atomic E-state index is 13.3. The normalized spacial score (nSPS) is 19.2. The van der Waals surface area contributed by atoms with Crippen molar-refractivity contribution in [1.82, 2.24) is 10.2 Å². The van der Waals surface area contributed by atoms with Gasteiger partial charge in [0.15, 0.2) is 11.5 Å². The molecule has 1 N–H and O–H groups in total. The minimum absolute atomic E-state index is 0.0222. The van der Waals surface area contributed by atoms with Crippen molar-refractivity contribution in [3.05, 3.63) is 57.8 Å². The Bertz CT molecular complexity index is 921. The van der Waals surface area contributed by atoms with Crippen molar-refractivity contribution >= 4 is 27.9 Å². The van der Waals surface area contributed by atoms with Gasteiger partial charge in [0.05, 0.1) is 20.8 Å². The van der Waals surface area contributed by atoms with Crippen molar-refractivity contribution in [3.63, 3.8) is 0 Å². The van der Waals surface area contributed by atoms with Crippen molar-refractivity contribution in [2.45, 2.75) is 19.0 Å². The van der Waals surface area contributed by atoms with Gasteiger partial charge in [-0.15, -0.1) is 0 Å². The number of benzene rings is 2. The van der Waals surface area contributed by atoms with E-state index < -0.39 is 23.3 Å². The van der Waals surface area contributed by atoms with E-state index in [0.29, 0.717) is 27.1 Å². The summed E-state index contributed by atoms with van der Waals surface area (Å²) in [5, 5.41) is 2.74. The Morgan fingerprint density at radius 1 is 1.11 bits per heavy atom. The second-order valence-corrected chi connectivity index (χ2v) is 7.11. The molecule has 0 bridgehead atoms. The third kappa shape index (κ3) is 3.37. The van der Waals surface area contributed by atoms with Crippen LogP contribution in [0.25, 0.3) is 0 Å². The van der Waals surface area contributed by atoms with Gasteiger partial charge in [0.2, 0.25) is 0 Å². The molecule has 0 aromatic heterocycles. The van der Waals surface area contributed by atoms with Crippen LogP contribution in [0.4, 0.5) is 9.18 Å². The van der Waals surface area contributed by atoms with Crippen LogP contribution in [0.15, 0.2) is 40.9 Å². The van der Waals surface area contributed by atoms with Gasteiger partial charge in [0.1, 0.15) is 11.4 Å². The smallest absolute Gasteiger partial charge is 0.325 e. The molecule has 0 saturated carbocycles. The second kappa shape index (κ2) is 7.19. The lowest BCUT2D eigenvalue weighted by Crippen LogP contribution is -2.40. The van der Waals surface area contributed by atoms with Crippen LogP contribution in [0, 0.1) is 5.82 Å². The average molecular weight is 437 g/mol. The number of halogens is 2. The topological polar surface area (TPSA) is 67.9 Å². The number of rotatable bonds is 5. The molecule has 1 aliphatic heterocycles. The zero-order valence-corrected chi connectivity index (χ0v) is 16.6. The van der Waals surface area contributed by atoms with E-state index in [9.17, 15) is 14.0 Å².